The summed E-state index contributed by atoms with van der Waals surface area (Å²) in [6, 6.07) is 53.2. The molecule has 6 nitrogen and oxygen atoms in total. The van der Waals surface area contributed by atoms with Crippen molar-refractivity contribution in [2.75, 3.05) is 0 Å². The van der Waals surface area contributed by atoms with E-state index in [1.54, 1.807) is 146 Å². The van der Waals surface area contributed by atoms with E-state index in [9.17, 15) is 28.8 Å². The Bertz CT molecular complexity index is 1640. The van der Waals surface area contributed by atoms with Gasteiger partial charge in [0.05, 0.1) is 19.3 Å². The Hall–Kier alpha value is -6.01. The molecule has 0 heterocycles. The number of Topliss-reactive ketones (excluding diaryl/α,β-unsaturated/α-hetero) is 6. The van der Waals surface area contributed by atoms with Gasteiger partial charge < -0.3 is 0 Å². The van der Waals surface area contributed by atoms with Crippen molar-refractivity contribution >= 4 is 34.7 Å². The molecule has 0 fully saturated rings. The fourth-order valence-corrected chi connectivity index (χ4v) is 4.79. The van der Waals surface area contributed by atoms with E-state index >= 15 is 0 Å². The molecule has 0 bridgehead atoms. The average molecular weight is 865 g/mol. The molecule has 0 amide bonds. The average Bonchev–Trinajstić information content (AvgIpc) is 3.20. The van der Waals surface area contributed by atoms with E-state index in [1.165, 1.54) is 0 Å². The molecule has 0 saturated carbocycles. The maximum atomic E-state index is 11.8. The van der Waals surface area contributed by atoms with Crippen LogP contribution in [-0.2, 0) is 20.1 Å². The van der Waals surface area contributed by atoms with Crippen molar-refractivity contribution in [3.63, 3.8) is 0 Å². The quantitative estimate of drug-likeness (QED) is 0.0898. The third-order valence-electron chi connectivity index (χ3n) is 7.54. The van der Waals surface area contributed by atoms with Gasteiger partial charge in [-0.2, -0.15) is 0 Å². The summed E-state index contributed by atoms with van der Waals surface area (Å²) in [5.41, 5.74) is 3.48. The third-order valence-corrected chi connectivity index (χ3v) is 7.54. The first-order chi connectivity index (χ1) is 24.8. The molecule has 0 aliphatic rings. The van der Waals surface area contributed by atoms with Crippen LogP contribution in [0.15, 0.2) is 182 Å². The smallest absolute Gasteiger partial charge is 0.170 e. The number of rotatable bonds is 12. The Balaban J connectivity index is 0.000000208. The maximum Gasteiger partial charge on any atom is 0.170 e. The fraction of sp³-hybridized carbons (Fsp3) is 0.0667. The molecular formula is C45H36IrO6. The van der Waals surface area contributed by atoms with Gasteiger partial charge in [0.25, 0.3) is 0 Å². The van der Waals surface area contributed by atoms with Gasteiger partial charge in [-0.3, -0.25) is 28.8 Å². The zero-order valence-corrected chi connectivity index (χ0v) is 30.6. The van der Waals surface area contributed by atoms with Gasteiger partial charge in [-0.15, -0.1) is 0 Å². The third kappa shape index (κ3) is 13.4. The van der Waals surface area contributed by atoms with Crippen molar-refractivity contribution in [2.45, 2.75) is 19.3 Å². The summed E-state index contributed by atoms with van der Waals surface area (Å²) >= 11 is 0. The summed E-state index contributed by atoms with van der Waals surface area (Å²) in [5.74, 6) is -0.836. The molecule has 6 aromatic rings. The second kappa shape index (κ2) is 21.9. The number of ketones is 6. The Labute approximate surface area is 316 Å². The topological polar surface area (TPSA) is 102 Å². The minimum Gasteiger partial charge on any atom is -0.294 e. The maximum absolute atomic E-state index is 11.8. The molecule has 0 spiro atoms. The van der Waals surface area contributed by atoms with Crippen molar-refractivity contribution in [3.05, 3.63) is 215 Å². The van der Waals surface area contributed by atoms with Crippen LogP contribution in [0.1, 0.15) is 81.4 Å². The van der Waals surface area contributed by atoms with E-state index in [2.05, 4.69) is 0 Å². The van der Waals surface area contributed by atoms with Crippen LogP contribution in [0.4, 0.5) is 0 Å². The number of carbonyl (C=O) groups is 6. The molecule has 7 heteroatoms. The van der Waals surface area contributed by atoms with Crippen LogP contribution in [0.25, 0.3) is 0 Å². The van der Waals surface area contributed by atoms with Gasteiger partial charge in [0, 0.05) is 53.5 Å². The molecular weight excluding hydrogens is 829 g/mol. The van der Waals surface area contributed by atoms with Crippen molar-refractivity contribution in [3.8, 4) is 0 Å². The number of benzene rings is 6. The molecule has 52 heavy (non-hydrogen) atoms. The SMILES string of the molecule is O=C(CC(=O)c1ccccc1)c1ccccc1.O=C(CC(=O)c1ccccc1)c1ccccc1.O=C(CC(=O)c1ccccc1)c1ccccc1.[Ir]. The van der Waals surface area contributed by atoms with E-state index < -0.39 is 0 Å². The van der Waals surface area contributed by atoms with E-state index in [-0.39, 0.29) is 74.1 Å². The van der Waals surface area contributed by atoms with Gasteiger partial charge in [0.15, 0.2) is 34.7 Å². The number of hydrogen-bond acceptors (Lipinski definition) is 6. The summed E-state index contributed by atoms with van der Waals surface area (Å²) in [6.07, 6.45) is -0.226. The molecule has 0 saturated heterocycles. The zero-order valence-electron chi connectivity index (χ0n) is 28.2. The van der Waals surface area contributed by atoms with Crippen LogP contribution >= 0.6 is 0 Å². The number of hydrogen-bond donors (Lipinski definition) is 0. The Morgan fingerprint density at radius 2 is 0.346 bits per heavy atom. The van der Waals surface area contributed by atoms with E-state index in [4.69, 9.17) is 0 Å². The van der Waals surface area contributed by atoms with Crippen molar-refractivity contribution in [2.24, 2.45) is 0 Å². The first kappa shape index (κ1) is 40.4. The van der Waals surface area contributed by atoms with Crippen LogP contribution < -0.4 is 0 Å². The predicted octanol–water partition coefficient (Wildman–Crippen LogP) is 9.42. The van der Waals surface area contributed by atoms with E-state index in [0.29, 0.717) is 33.4 Å². The number of carbonyl (C=O) groups excluding carboxylic acids is 6. The van der Waals surface area contributed by atoms with Crippen molar-refractivity contribution in [1.29, 1.82) is 0 Å². The van der Waals surface area contributed by atoms with Crippen LogP contribution in [0.5, 0.6) is 0 Å². The second-order valence-corrected chi connectivity index (χ2v) is 11.3. The minimum absolute atomic E-state index is 0. The van der Waals surface area contributed by atoms with Crippen molar-refractivity contribution in [1.82, 2.24) is 0 Å². The van der Waals surface area contributed by atoms with Crippen molar-refractivity contribution < 1.29 is 48.9 Å². The van der Waals surface area contributed by atoms with Crippen LogP contribution in [0.3, 0.4) is 0 Å². The Kier molecular flexibility index (Phi) is 17.1. The molecule has 0 aliphatic heterocycles. The molecule has 0 aromatic heterocycles. The molecule has 6 rings (SSSR count). The summed E-state index contributed by atoms with van der Waals surface area (Å²) in [5, 5.41) is 0. The van der Waals surface area contributed by atoms with Crippen LogP contribution in [-0.4, -0.2) is 34.7 Å². The summed E-state index contributed by atoms with van der Waals surface area (Å²) < 4.78 is 0. The summed E-state index contributed by atoms with van der Waals surface area (Å²) in [6.45, 7) is 0. The Morgan fingerprint density at radius 1 is 0.231 bits per heavy atom. The monoisotopic (exact) mass is 865 g/mol. The van der Waals surface area contributed by atoms with Crippen LogP contribution in [0, 0.1) is 0 Å². The Morgan fingerprint density at radius 3 is 0.462 bits per heavy atom. The van der Waals surface area contributed by atoms with E-state index in [0.717, 1.165) is 0 Å². The molecule has 0 atom stereocenters. The fourth-order valence-electron chi connectivity index (χ4n) is 4.79. The molecule has 261 valence electrons. The standard InChI is InChI=1S/3C15H12O2.Ir/c3*16-14(12-7-3-1-4-8-12)11-15(17)13-9-5-2-6-10-13;/h3*1-10H,11H2;. The van der Waals surface area contributed by atoms with Gasteiger partial charge in [-0.05, 0) is 0 Å². The first-order valence-electron chi connectivity index (χ1n) is 16.3. The molecule has 6 aromatic carbocycles. The summed E-state index contributed by atoms with van der Waals surface area (Å²) in [4.78, 5) is 70.8. The predicted molar refractivity (Wildman–Crippen MR) is 198 cm³/mol. The van der Waals surface area contributed by atoms with Gasteiger partial charge >= 0.3 is 0 Å². The molecule has 1 radical (unpaired) electrons. The van der Waals surface area contributed by atoms with E-state index in [1.807, 2.05) is 36.4 Å². The second-order valence-electron chi connectivity index (χ2n) is 11.3. The summed E-state index contributed by atoms with van der Waals surface area (Å²) in [7, 11) is 0. The van der Waals surface area contributed by atoms with Crippen LogP contribution in [0.2, 0.25) is 0 Å². The first-order valence-corrected chi connectivity index (χ1v) is 16.3. The normalized spacial score (nSPS) is 9.69. The largest absolute Gasteiger partial charge is 0.294 e. The molecule has 0 aliphatic carbocycles. The van der Waals surface area contributed by atoms with Gasteiger partial charge in [0.1, 0.15) is 0 Å². The van der Waals surface area contributed by atoms with Gasteiger partial charge in [0.2, 0.25) is 0 Å². The zero-order chi connectivity index (χ0) is 36.3. The molecule has 0 N–H and O–H groups in total. The minimum atomic E-state index is -0.139. The van der Waals surface area contributed by atoms with Gasteiger partial charge in [-0.25, -0.2) is 0 Å². The van der Waals surface area contributed by atoms with Gasteiger partial charge in [-0.1, -0.05) is 182 Å². The molecule has 0 unspecified atom stereocenters.